The van der Waals surface area contributed by atoms with Gasteiger partial charge in [-0.2, -0.15) is 0 Å². The molecule has 1 aliphatic carbocycles. The van der Waals surface area contributed by atoms with Gasteiger partial charge in [0.25, 0.3) is 0 Å². The summed E-state index contributed by atoms with van der Waals surface area (Å²) in [5, 5.41) is 0. The minimum Gasteiger partial charge on any atom is -0.342 e. The second kappa shape index (κ2) is 4.10. The highest BCUT2D eigenvalue weighted by atomic mass is 79.9. The van der Waals surface area contributed by atoms with Gasteiger partial charge in [0.2, 0.25) is 0 Å². The first-order valence-corrected chi connectivity index (χ1v) is 6.84. The van der Waals surface area contributed by atoms with Crippen LogP contribution in [-0.2, 0) is 6.42 Å². The Morgan fingerprint density at radius 1 is 1.41 bits per heavy atom. The zero-order chi connectivity index (χ0) is 11.9. The predicted molar refractivity (Wildman–Crippen MR) is 72.8 cm³/mol. The van der Waals surface area contributed by atoms with E-state index in [1.54, 1.807) is 0 Å². The van der Waals surface area contributed by atoms with Crippen molar-refractivity contribution in [2.24, 2.45) is 11.1 Å². The molecule has 3 nitrogen and oxygen atoms in total. The quantitative estimate of drug-likeness (QED) is 0.914. The van der Waals surface area contributed by atoms with Crippen LogP contribution in [0, 0.1) is 5.41 Å². The zero-order valence-corrected chi connectivity index (χ0v) is 11.3. The van der Waals surface area contributed by atoms with Crippen LogP contribution in [0.15, 0.2) is 22.7 Å². The van der Waals surface area contributed by atoms with Crippen LogP contribution in [0.25, 0.3) is 11.0 Å². The highest BCUT2D eigenvalue weighted by Crippen LogP contribution is 2.42. The molecule has 1 aromatic heterocycles. The van der Waals surface area contributed by atoms with Crippen LogP contribution in [0.1, 0.15) is 25.1 Å². The van der Waals surface area contributed by atoms with Crippen LogP contribution < -0.4 is 5.73 Å². The molecule has 0 amide bonds. The maximum absolute atomic E-state index is 5.89. The fraction of sp³-hybridized carbons (Fsp3) is 0.462. The third kappa shape index (κ3) is 2.00. The third-order valence-electron chi connectivity index (χ3n) is 3.88. The lowest BCUT2D eigenvalue weighted by Gasteiger charge is -2.40. The molecule has 1 aliphatic rings. The summed E-state index contributed by atoms with van der Waals surface area (Å²) in [6.45, 7) is 0.772. The van der Waals surface area contributed by atoms with E-state index in [0.29, 0.717) is 5.41 Å². The number of nitrogens with two attached hydrogens (primary N) is 1. The topological polar surface area (TPSA) is 54.7 Å². The molecular weight excluding hydrogens is 278 g/mol. The van der Waals surface area contributed by atoms with Crippen LogP contribution in [0.5, 0.6) is 0 Å². The minimum absolute atomic E-state index is 0.311. The van der Waals surface area contributed by atoms with Crippen molar-refractivity contribution in [1.29, 1.82) is 0 Å². The Labute approximate surface area is 109 Å². The molecule has 3 rings (SSSR count). The van der Waals surface area contributed by atoms with E-state index in [1.165, 1.54) is 19.3 Å². The van der Waals surface area contributed by atoms with Crippen LogP contribution in [0.4, 0.5) is 0 Å². The van der Waals surface area contributed by atoms with Gasteiger partial charge in [-0.05, 0) is 43.0 Å². The van der Waals surface area contributed by atoms with Gasteiger partial charge in [-0.3, -0.25) is 0 Å². The molecule has 1 aromatic carbocycles. The van der Waals surface area contributed by atoms with Crippen molar-refractivity contribution in [3.8, 4) is 0 Å². The summed E-state index contributed by atoms with van der Waals surface area (Å²) in [6, 6.07) is 6.13. The lowest BCUT2D eigenvalue weighted by molar-refractivity contribution is 0.142. The standard InChI is InChI=1S/C13H16BrN3/c14-9-2-3-10-11(6-9)17-12(16-10)7-13(8-15)4-1-5-13/h2-3,6H,1,4-5,7-8,15H2,(H,16,17). The summed E-state index contributed by atoms with van der Waals surface area (Å²) in [5.74, 6) is 1.07. The van der Waals surface area contributed by atoms with Crippen LogP contribution in [-0.4, -0.2) is 16.5 Å². The van der Waals surface area contributed by atoms with Crippen molar-refractivity contribution in [2.75, 3.05) is 6.54 Å². The number of fused-ring (bicyclic) bond motifs is 1. The molecule has 1 fully saturated rings. The summed E-state index contributed by atoms with van der Waals surface area (Å²) < 4.78 is 1.08. The minimum atomic E-state index is 0.311. The Morgan fingerprint density at radius 2 is 2.24 bits per heavy atom. The van der Waals surface area contributed by atoms with E-state index in [2.05, 4.69) is 32.0 Å². The largest absolute Gasteiger partial charge is 0.342 e. The molecule has 90 valence electrons. The zero-order valence-electron chi connectivity index (χ0n) is 9.67. The Kier molecular flexibility index (Phi) is 2.71. The molecule has 4 heteroatoms. The lowest BCUT2D eigenvalue weighted by Crippen LogP contribution is -2.39. The van der Waals surface area contributed by atoms with Gasteiger partial charge in [0, 0.05) is 10.9 Å². The molecule has 2 aromatic rings. The molecule has 0 aliphatic heterocycles. The number of halogens is 1. The molecule has 3 N–H and O–H groups in total. The van der Waals surface area contributed by atoms with Gasteiger partial charge >= 0.3 is 0 Å². The van der Waals surface area contributed by atoms with Crippen LogP contribution in [0.3, 0.4) is 0 Å². The van der Waals surface area contributed by atoms with Gasteiger partial charge in [-0.1, -0.05) is 22.4 Å². The second-order valence-corrected chi connectivity index (χ2v) is 6.00. The van der Waals surface area contributed by atoms with Crippen molar-refractivity contribution in [3.05, 3.63) is 28.5 Å². The molecular formula is C13H16BrN3. The van der Waals surface area contributed by atoms with E-state index in [4.69, 9.17) is 5.73 Å². The number of hydrogen-bond acceptors (Lipinski definition) is 2. The summed E-state index contributed by atoms with van der Waals surface area (Å²) in [5.41, 5.74) is 8.33. The van der Waals surface area contributed by atoms with E-state index in [-0.39, 0.29) is 0 Å². The van der Waals surface area contributed by atoms with E-state index in [0.717, 1.165) is 34.3 Å². The van der Waals surface area contributed by atoms with Crippen molar-refractivity contribution in [2.45, 2.75) is 25.7 Å². The number of H-pyrrole nitrogens is 1. The molecule has 1 saturated carbocycles. The number of nitrogens with one attached hydrogen (secondary N) is 1. The average molecular weight is 294 g/mol. The molecule has 17 heavy (non-hydrogen) atoms. The highest BCUT2D eigenvalue weighted by Gasteiger charge is 2.36. The van der Waals surface area contributed by atoms with E-state index in [1.807, 2.05) is 12.1 Å². The van der Waals surface area contributed by atoms with Crippen LogP contribution >= 0.6 is 15.9 Å². The Morgan fingerprint density at radius 3 is 2.88 bits per heavy atom. The van der Waals surface area contributed by atoms with Crippen molar-refractivity contribution >= 4 is 27.0 Å². The molecule has 0 radical (unpaired) electrons. The molecule has 0 bridgehead atoms. The monoisotopic (exact) mass is 293 g/mol. The molecule has 0 spiro atoms. The molecule has 1 heterocycles. The van der Waals surface area contributed by atoms with Gasteiger partial charge in [-0.25, -0.2) is 4.98 Å². The normalized spacial score (nSPS) is 18.2. The van der Waals surface area contributed by atoms with Gasteiger partial charge in [0.15, 0.2) is 0 Å². The number of rotatable bonds is 3. The first-order chi connectivity index (χ1) is 8.21. The van der Waals surface area contributed by atoms with Crippen molar-refractivity contribution in [1.82, 2.24) is 9.97 Å². The van der Waals surface area contributed by atoms with E-state index >= 15 is 0 Å². The fourth-order valence-corrected chi connectivity index (χ4v) is 2.96. The Bertz CT molecular complexity index is 537. The number of imidazole rings is 1. The Hall–Kier alpha value is -0.870. The third-order valence-corrected chi connectivity index (χ3v) is 4.38. The number of aromatic nitrogens is 2. The second-order valence-electron chi connectivity index (χ2n) is 5.08. The predicted octanol–water partition coefficient (Wildman–Crippen LogP) is 3.00. The first-order valence-electron chi connectivity index (χ1n) is 6.05. The van der Waals surface area contributed by atoms with Crippen molar-refractivity contribution in [3.63, 3.8) is 0 Å². The lowest BCUT2D eigenvalue weighted by atomic mass is 9.66. The molecule has 0 atom stereocenters. The number of hydrogen-bond donors (Lipinski definition) is 2. The number of benzene rings is 1. The first kappa shape index (κ1) is 11.2. The van der Waals surface area contributed by atoms with Gasteiger partial charge < -0.3 is 10.7 Å². The molecule has 0 unspecified atom stereocenters. The summed E-state index contributed by atoms with van der Waals surface area (Å²) in [6.07, 6.45) is 4.77. The average Bonchev–Trinajstić information content (AvgIpc) is 2.65. The maximum Gasteiger partial charge on any atom is 0.107 e. The number of nitrogens with zero attached hydrogens (tertiary/aromatic N) is 1. The van der Waals surface area contributed by atoms with Gasteiger partial charge in [0.05, 0.1) is 11.0 Å². The highest BCUT2D eigenvalue weighted by molar-refractivity contribution is 9.10. The Balaban J connectivity index is 1.90. The number of aromatic amines is 1. The van der Waals surface area contributed by atoms with Crippen molar-refractivity contribution < 1.29 is 0 Å². The SMILES string of the molecule is NCC1(Cc2nc3ccc(Br)cc3[nH]2)CCC1. The summed E-state index contributed by atoms with van der Waals surface area (Å²) >= 11 is 3.47. The maximum atomic E-state index is 5.89. The fourth-order valence-electron chi connectivity index (χ4n) is 2.60. The summed E-state index contributed by atoms with van der Waals surface area (Å²) in [4.78, 5) is 8.03. The van der Waals surface area contributed by atoms with Gasteiger partial charge in [0.1, 0.15) is 5.82 Å². The van der Waals surface area contributed by atoms with Gasteiger partial charge in [-0.15, -0.1) is 0 Å². The van der Waals surface area contributed by atoms with E-state index in [9.17, 15) is 0 Å². The summed E-state index contributed by atoms with van der Waals surface area (Å²) in [7, 11) is 0. The van der Waals surface area contributed by atoms with Crippen LogP contribution in [0.2, 0.25) is 0 Å². The smallest absolute Gasteiger partial charge is 0.107 e. The van der Waals surface area contributed by atoms with E-state index < -0.39 is 0 Å². The molecule has 0 saturated heterocycles.